The van der Waals surface area contributed by atoms with E-state index in [1.165, 1.54) is 12.7 Å². The standard InChI is InChI=1S/C20H15BrN2O/c1-13-7-9-14(10-8-13)16-11-19(15-5-3-4-6-18(15)21)23-20(24-2)17(16)12-22/h3-11H,1-2H3. The molecule has 24 heavy (non-hydrogen) atoms. The Kier molecular flexibility index (Phi) is 4.64. The maximum absolute atomic E-state index is 9.58. The number of pyridine rings is 1. The molecule has 0 saturated heterocycles. The third kappa shape index (κ3) is 3.04. The molecule has 118 valence electrons. The lowest BCUT2D eigenvalue weighted by atomic mass is 9.98. The minimum absolute atomic E-state index is 0.335. The molecule has 0 saturated carbocycles. The summed E-state index contributed by atoms with van der Waals surface area (Å²) in [6.07, 6.45) is 0. The number of ether oxygens (including phenoxy) is 1. The number of nitrogens with zero attached hydrogens (tertiary/aromatic N) is 2. The number of rotatable bonds is 3. The molecular weight excluding hydrogens is 364 g/mol. The third-order valence-electron chi connectivity index (χ3n) is 3.80. The molecule has 0 bridgehead atoms. The van der Waals surface area contributed by atoms with Crippen molar-refractivity contribution in [2.24, 2.45) is 0 Å². The van der Waals surface area contributed by atoms with E-state index in [1.54, 1.807) is 0 Å². The fourth-order valence-electron chi connectivity index (χ4n) is 2.55. The van der Waals surface area contributed by atoms with Crippen LogP contribution in [-0.4, -0.2) is 12.1 Å². The molecule has 3 nitrogen and oxygen atoms in total. The van der Waals surface area contributed by atoms with Crippen LogP contribution in [0.15, 0.2) is 59.1 Å². The summed E-state index contributed by atoms with van der Waals surface area (Å²) in [7, 11) is 1.53. The van der Waals surface area contributed by atoms with Gasteiger partial charge in [0.05, 0.1) is 12.8 Å². The van der Waals surface area contributed by atoms with E-state index in [1.807, 2.05) is 61.5 Å². The van der Waals surface area contributed by atoms with Crippen LogP contribution < -0.4 is 4.74 Å². The predicted molar refractivity (Wildman–Crippen MR) is 98.8 cm³/mol. The number of benzene rings is 2. The Morgan fingerprint density at radius 2 is 1.75 bits per heavy atom. The fraction of sp³-hybridized carbons (Fsp3) is 0.100. The number of halogens is 1. The van der Waals surface area contributed by atoms with Crippen molar-refractivity contribution >= 4 is 15.9 Å². The van der Waals surface area contributed by atoms with Crippen LogP contribution in [0.3, 0.4) is 0 Å². The molecule has 0 fully saturated rings. The maximum atomic E-state index is 9.58. The normalized spacial score (nSPS) is 10.2. The fourth-order valence-corrected chi connectivity index (χ4v) is 3.03. The highest BCUT2D eigenvalue weighted by Crippen LogP contribution is 2.35. The van der Waals surface area contributed by atoms with Crippen molar-refractivity contribution in [3.8, 4) is 34.3 Å². The number of aromatic nitrogens is 1. The van der Waals surface area contributed by atoms with Crippen LogP contribution >= 0.6 is 15.9 Å². The van der Waals surface area contributed by atoms with Crippen molar-refractivity contribution in [2.45, 2.75) is 6.92 Å². The second kappa shape index (κ2) is 6.86. The van der Waals surface area contributed by atoms with Crippen LogP contribution in [0.2, 0.25) is 0 Å². The first-order valence-electron chi connectivity index (χ1n) is 7.45. The predicted octanol–water partition coefficient (Wildman–Crippen LogP) is 5.37. The van der Waals surface area contributed by atoms with Gasteiger partial charge in [-0.1, -0.05) is 64.0 Å². The van der Waals surface area contributed by atoms with E-state index in [2.05, 4.69) is 27.0 Å². The van der Waals surface area contributed by atoms with E-state index in [0.29, 0.717) is 11.4 Å². The topological polar surface area (TPSA) is 45.9 Å². The Morgan fingerprint density at radius 3 is 2.38 bits per heavy atom. The zero-order chi connectivity index (χ0) is 17.1. The van der Waals surface area contributed by atoms with Crippen LogP contribution in [-0.2, 0) is 0 Å². The second-order valence-corrected chi connectivity index (χ2v) is 6.25. The highest BCUT2D eigenvalue weighted by molar-refractivity contribution is 9.10. The molecule has 0 radical (unpaired) electrons. The van der Waals surface area contributed by atoms with Crippen molar-refractivity contribution in [3.05, 3.63) is 70.2 Å². The summed E-state index contributed by atoms with van der Waals surface area (Å²) in [5.41, 5.74) is 5.10. The highest BCUT2D eigenvalue weighted by Gasteiger charge is 2.16. The van der Waals surface area contributed by atoms with E-state index in [4.69, 9.17) is 4.74 Å². The molecule has 1 aromatic heterocycles. The van der Waals surface area contributed by atoms with Gasteiger partial charge in [0.25, 0.3) is 0 Å². The lowest BCUT2D eigenvalue weighted by Gasteiger charge is -2.12. The number of methoxy groups -OCH3 is 1. The van der Waals surface area contributed by atoms with Crippen LogP contribution in [0, 0.1) is 18.3 Å². The van der Waals surface area contributed by atoms with Gasteiger partial charge in [0, 0.05) is 15.6 Å². The second-order valence-electron chi connectivity index (χ2n) is 5.40. The lowest BCUT2D eigenvalue weighted by molar-refractivity contribution is 0.397. The smallest absolute Gasteiger partial charge is 0.232 e. The summed E-state index contributed by atoms with van der Waals surface area (Å²) in [6.45, 7) is 2.04. The van der Waals surface area contributed by atoms with Crippen molar-refractivity contribution in [1.82, 2.24) is 4.98 Å². The molecule has 0 aliphatic carbocycles. The monoisotopic (exact) mass is 378 g/mol. The summed E-state index contributed by atoms with van der Waals surface area (Å²) in [4.78, 5) is 4.52. The Bertz CT molecular complexity index is 927. The number of aryl methyl sites for hydroxylation is 1. The Balaban J connectivity index is 2.28. The van der Waals surface area contributed by atoms with Crippen molar-refractivity contribution < 1.29 is 4.74 Å². The van der Waals surface area contributed by atoms with Gasteiger partial charge >= 0.3 is 0 Å². The molecule has 0 spiro atoms. The van der Waals surface area contributed by atoms with Crippen LogP contribution in [0.4, 0.5) is 0 Å². The first-order valence-corrected chi connectivity index (χ1v) is 8.24. The summed E-state index contributed by atoms with van der Waals surface area (Å²) in [5.74, 6) is 0.335. The summed E-state index contributed by atoms with van der Waals surface area (Å²) >= 11 is 3.56. The van der Waals surface area contributed by atoms with Gasteiger partial charge < -0.3 is 4.74 Å². The SMILES string of the molecule is COc1nc(-c2ccccc2Br)cc(-c2ccc(C)cc2)c1C#N. The zero-order valence-electron chi connectivity index (χ0n) is 13.4. The van der Waals surface area contributed by atoms with E-state index < -0.39 is 0 Å². The molecule has 2 aromatic carbocycles. The summed E-state index contributed by atoms with van der Waals surface area (Å²) in [5, 5.41) is 9.58. The lowest BCUT2D eigenvalue weighted by Crippen LogP contribution is -1.98. The van der Waals surface area contributed by atoms with Crippen LogP contribution in [0.1, 0.15) is 11.1 Å². The molecule has 0 amide bonds. The van der Waals surface area contributed by atoms with Crippen molar-refractivity contribution in [3.63, 3.8) is 0 Å². The van der Waals surface area contributed by atoms with Gasteiger partial charge in [0.2, 0.25) is 5.88 Å². The van der Waals surface area contributed by atoms with Gasteiger partial charge in [-0.05, 0) is 24.6 Å². The van der Waals surface area contributed by atoms with Crippen molar-refractivity contribution in [2.75, 3.05) is 7.11 Å². The maximum Gasteiger partial charge on any atom is 0.232 e. The Morgan fingerprint density at radius 1 is 1.04 bits per heavy atom. The number of hydrogen-bond donors (Lipinski definition) is 0. The van der Waals surface area contributed by atoms with Crippen LogP contribution in [0.5, 0.6) is 5.88 Å². The molecule has 3 aromatic rings. The van der Waals surface area contributed by atoms with Crippen LogP contribution in [0.25, 0.3) is 22.4 Å². The number of hydrogen-bond acceptors (Lipinski definition) is 3. The third-order valence-corrected chi connectivity index (χ3v) is 4.50. The molecule has 0 atom stereocenters. The minimum atomic E-state index is 0.335. The minimum Gasteiger partial charge on any atom is -0.480 e. The van der Waals surface area contributed by atoms with Gasteiger partial charge in [-0.15, -0.1) is 0 Å². The quantitative estimate of drug-likeness (QED) is 0.615. The van der Waals surface area contributed by atoms with Gasteiger partial charge in [0.15, 0.2) is 0 Å². The van der Waals surface area contributed by atoms with Crippen molar-refractivity contribution in [1.29, 1.82) is 5.26 Å². The molecule has 0 aliphatic heterocycles. The molecule has 0 aliphatic rings. The molecule has 4 heteroatoms. The summed E-state index contributed by atoms with van der Waals surface area (Å²) < 4.78 is 6.32. The highest BCUT2D eigenvalue weighted by atomic mass is 79.9. The Hall–Kier alpha value is -2.64. The van der Waals surface area contributed by atoms with E-state index in [-0.39, 0.29) is 0 Å². The molecule has 1 heterocycles. The average molecular weight is 379 g/mol. The molecular formula is C20H15BrN2O. The van der Waals surface area contributed by atoms with E-state index in [9.17, 15) is 5.26 Å². The van der Waals surface area contributed by atoms with Gasteiger partial charge in [-0.2, -0.15) is 5.26 Å². The van der Waals surface area contributed by atoms with E-state index in [0.717, 1.165) is 26.9 Å². The van der Waals surface area contributed by atoms with Gasteiger partial charge in [-0.25, -0.2) is 4.98 Å². The first-order chi connectivity index (χ1) is 11.6. The van der Waals surface area contributed by atoms with Gasteiger partial charge in [-0.3, -0.25) is 0 Å². The largest absolute Gasteiger partial charge is 0.480 e. The number of nitriles is 1. The van der Waals surface area contributed by atoms with Gasteiger partial charge in [0.1, 0.15) is 11.6 Å². The average Bonchev–Trinajstić information content (AvgIpc) is 2.61. The Labute approximate surface area is 149 Å². The zero-order valence-corrected chi connectivity index (χ0v) is 15.0. The first kappa shape index (κ1) is 16.2. The molecule has 0 N–H and O–H groups in total. The molecule has 3 rings (SSSR count). The van der Waals surface area contributed by atoms with E-state index >= 15 is 0 Å². The summed E-state index contributed by atoms with van der Waals surface area (Å²) in [6, 6.07) is 20.1. The molecule has 0 unspecified atom stereocenters.